The van der Waals surface area contributed by atoms with Gasteiger partial charge in [-0.3, -0.25) is 5.43 Å². The van der Waals surface area contributed by atoms with Gasteiger partial charge >= 0.3 is 6.18 Å². The van der Waals surface area contributed by atoms with E-state index in [1.165, 1.54) is 17.4 Å². The first-order valence-electron chi connectivity index (χ1n) is 5.45. The van der Waals surface area contributed by atoms with Crippen molar-refractivity contribution in [1.82, 2.24) is 4.98 Å². The van der Waals surface area contributed by atoms with Gasteiger partial charge in [-0.2, -0.15) is 18.3 Å². The van der Waals surface area contributed by atoms with E-state index in [2.05, 4.69) is 15.5 Å². The number of hydrogen-bond donors (Lipinski definition) is 1. The molecule has 1 aromatic heterocycles. The standard InChI is InChI=1S/C12H9F4N3S/c1-7-6-20-11(18-7)19-17-5-8-3-2-4-9(10(8)13)12(14,15)16/h2-6H,1H3,(H,18,19). The van der Waals surface area contributed by atoms with Gasteiger partial charge in [0.05, 0.1) is 17.5 Å². The molecule has 2 aromatic rings. The van der Waals surface area contributed by atoms with Crippen molar-refractivity contribution in [2.24, 2.45) is 5.10 Å². The molecule has 0 aliphatic heterocycles. The van der Waals surface area contributed by atoms with Gasteiger partial charge in [-0.25, -0.2) is 9.37 Å². The Bertz CT molecular complexity index is 634. The number of halogens is 4. The van der Waals surface area contributed by atoms with Crippen LogP contribution < -0.4 is 5.43 Å². The van der Waals surface area contributed by atoms with Crippen LogP contribution in [0.4, 0.5) is 22.7 Å². The van der Waals surface area contributed by atoms with Crippen LogP contribution in [0.2, 0.25) is 0 Å². The molecule has 0 atom stereocenters. The first kappa shape index (κ1) is 14.4. The SMILES string of the molecule is Cc1csc(NN=Cc2cccc(C(F)(F)F)c2F)n1. The first-order chi connectivity index (χ1) is 9.38. The molecule has 0 fully saturated rings. The molecule has 0 amide bonds. The molecule has 8 heteroatoms. The van der Waals surface area contributed by atoms with E-state index >= 15 is 0 Å². The first-order valence-corrected chi connectivity index (χ1v) is 6.33. The highest BCUT2D eigenvalue weighted by Crippen LogP contribution is 2.31. The van der Waals surface area contributed by atoms with E-state index in [0.29, 0.717) is 11.2 Å². The number of nitrogens with zero attached hydrogens (tertiary/aromatic N) is 2. The van der Waals surface area contributed by atoms with Crippen LogP contribution in [0.15, 0.2) is 28.7 Å². The van der Waals surface area contributed by atoms with Crippen LogP contribution in [0.1, 0.15) is 16.8 Å². The molecule has 0 spiro atoms. The Balaban J connectivity index is 2.17. The second-order valence-electron chi connectivity index (χ2n) is 3.87. The molecule has 20 heavy (non-hydrogen) atoms. The Hall–Kier alpha value is -1.96. The Labute approximate surface area is 116 Å². The van der Waals surface area contributed by atoms with Gasteiger partial charge in [0, 0.05) is 10.9 Å². The molecular formula is C12H9F4N3S. The van der Waals surface area contributed by atoms with Crippen molar-refractivity contribution in [2.45, 2.75) is 13.1 Å². The minimum atomic E-state index is -4.73. The zero-order valence-electron chi connectivity index (χ0n) is 10.2. The quantitative estimate of drug-likeness (QED) is 0.527. The van der Waals surface area contributed by atoms with Gasteiger partial charge in [-0.1, -0.05) is 12.1 Å². The molecule has 106 valence electrons. The van der Waals surface area contributed by atoms with Gasteiger partial charge in [0.2, 0.25) is 5.13 Å². The number of alkyl halides is 3. The van der Waals surface area contributed by atoms with Crippen molar-refractivity contribution in [3.05, 3.63) is 46.2 Å². The summed E-state index contributed by atoms with van der Waals surface area (Å²) in [7, 11) is 0. The maximum Gasteiger partial charge on any atom is 0.419 e. The van der Waals surface area contributed by atoms with Gasteiger partial charge in [0.15, 0.2) is 0 Å². The number of thiazole rings is 1. The van der Waals surface area contributed by atoms with Crippen molar-refractivity contribution in [1.29, 1.82) is 0 Å². The van der Waals surface area contributed by atoms with E-state index in [0.717, 1.165) is 18.0 Å². The van der Waals surface area contributed by atoms with Crippen LogP contribution in [0.25, 0.3) is 0 Å². The summed E-state index contributed by atoms with van der Waals surface area (Å²) in [6.45, 7) is 1.79. The lowest BCUT2D eigenvalue weighted by Crippen LogP contribution is -2.09. The number of nitrogens with one attached hydrogen (secondary N) is 1. The molecule has 2 rings (SSSR count). The van der Waals surface area contributed by atoms with Crippen molar-refractivity contribution in [2.75, 3.05) is 5.43 Å². The van der Waals surface area contributed by atoms with Crippen LogP contribution in [0, 0.1) is 12.7 Å². The summed E-state index contributed by atoms with van der Waals surface area (Å²) in [6, 6.07) is 3.02. The molecule has 1 aromatic carbocycles. The number of aryl methyl sites for hydroxylation is 1. The molecule has 0 saturated heterocycles. The zero-order valence-corrected chi connectivity index (χ0v) is 11.0. The average molecular weight is 303 g/mol. The summed E-state index contributed by atoms with van der Waals surface area (Å²) in [5, 5.41) is 5.93. The third-order valence-corrected chi connectivity index (χ3v) is 3.18. The van der Waals surface area contributed by atoms with Crippen molar-refractivity contribution < 1.29 is 17.6 Å². The summed E-state index contributed by atoms with van der Waals surface area (Å²) < 4.78 is 51.2. The van der Waals surface area contributed by atoms with Crippen LogP contribution in [-0.2, 0) is 6.18 Å². The lowest BCUT2D eigenvalue weighted by molar-refractivity contribution is -0.140. The molecular weight excluding hydrogens is 294 g/mol. The molecule has 0 saturated carbocycles. The van der Waals surface area contributed by atoms with Crippen LogP contribution in [-0.4, -0.2) is 11.2 Å². The maximum absolute atomic E-state index is 13.6. The minimum Gasteiger partial charge on any atom is -0.253 e. The highest BCUT2D eigenvalue weighted by molar-refractivity contribution is 7.13. The highest BCUT2D eigenvalue weighted by atomic mass is 32.1. The highest BCUT2D eigenvalue weighted by Gasteiger charge is 2.34. The van der Waals surface area contributed by atoms with E-state index in [9.17, 15) is 17.6 Å². The van der Waals surface area contributed by atoms with Crippen LogP contribution >= 0.6 is 11.3 Å². The number of aromatic nitrogens is 1. The van der Waals surface area contributed by atoms with Crippen LogP contribution in [0.3, 0.4) is 0 Å². The topological polar surface area (TPSA) is 37.3 Å². The molecule has 0 unspecified atom stereocenters. The number of benzene rings is 1. The third-order valence-electron chi connectivity index (χ3n) is 2.32. The minimum absolute atomic E-state index is 0.249. The van der Waals surface area contributed by atoms with E-state index in [-0.39, 0.29) is 5.56 Å². The maximum atomic E-state index is 13.6. The third kappa shape index (κ3) is 3.32. The molecule has 3 nitrogen and oxygen atoms in total. The Kier molecular flexibility index (Phi) is 4.03. The van der Waals surface area contributed by atoms with Crippen LogP contribution in [0.5, 0.6) is 0 Å². The molecule has 0 bridgehead atoms. The molecule has 0 aliphatic carbocycles. The number of anilines is 1. The summed E-state index contributed by atoms with van der Waals surface area (Å²) in [5.41, 5.74) is 1.76. The largest absolute Gasteiger partial charge is 0.419 e. The van der Waals surface area contributed by atoms with Crippen molar-refractivity contribution >= 4 is 22.7 Å². The second kappa shape index (κ2) is 5.58. The Morgan fingerprint density at radius 2 is 2.10 bits per heavy atom. The number of hydrazone groups is 1. The predicted octanol–water partition coefficient (Wildman–Crippen LogP) is 4.06. The second-order valence-corrected chi connectivity index (χ2v) is 4.73. The Morgan fingerprint density at radius 3 is 2.70 bits per heavy atom. The summed E-state index contributed by atoms with van der Waals surface area (Å²) >= 11 is 1.29. The van der Waals surface area contributed by atoms with Gasteiger partial charge in [0.1, 0.15) is 5.82 Å². The van der Waals surface area contributed by atoms with E-state index in [4.69, 9.17) is 0 Å². The lowest BCUT2D eigenvalue weighted by Gasteiger charge is -2.08. The monoisotopic (exact) mass is 303 g/mol. The average Bonchev–Trinajstić information content (AvgIpc) is 2.76. The normalized spacial score (nSPS) is 12.1. The fraction of sp³-hybridized carbons (Fsp3) is 0.167. The van der Waals surface area contributed by atoms with Crippen molar-refractivity contribution in [3.63, 3.8) is 0 Å². The summed E-state index contributed by atoms with van der Waals surface area (Å²) in [4.78, 5) is 4.04. The zero-order chi connectivity index (χ0) is 14.8. The molecule has 1 N–H and O–H groups in total. The lowest BCUT2D eigenvalue weighted by atomic mass is 10.1. The van der Waals surface area contributed by atoms with E-state index < -0.39 is 17.6 Å². The summed E-state index contributed by atoms with van der Waals surface area (Å²) in [5.74, 6) is -1.35. The molecule has 1 heterocycles. The molecule has 0 radical (unpaired) electrons. The predicted molar refractivity (Wildman–Crippen MR) is 69.5 cm³/mol. The van der Waals surface area contributed by atoms with Gasteiger partial charge in [-0.15, -0.1) is 11.3 Å². The fourth-order valence-corrected chi connectivity index (χ4v) is 2.07. The van der Waals surface area contributed by atoms with Gasteiger partial charge < -0.3 is 0 Å². The Morgan fingerprint density at radius 1 is 1.35 bits per heavy atom. The molecule has 0 aliphatic rings. The fourth-order valence-electron chi connectivity index (χ4n) is 1.43. The van der Waals surface area contributed by atoms with E-state index in [1.54, 1.807) is 12.3 Å². The van der Waals surface area contributed by atoms with Gasteiger partial charge in [-0.05, 0) is 13.0 Å². The number of rotatable bonds is 3. The smallest absolute Gasteiger partial charge is 0.253 e. The number of hydrogen-bond acceptors (Lipinski definition) is 4. The van der Waals surface area contributed by atoms with Gasteiger partial charge in [0.25, 0.3) is 0 Å². The summed E-state index contributed by atoms with van der Waals surface area (Å²) in [6.07, 6.45) is -3.74. The van der Waals surface area contributed by atoms with E-state index in [1.807, 2.05) is 0 Å². The van der Waals surface area contributed by atoms with Crippen molar-refractivity contribution in [3.8, 4) is 0 Å².